The molecule has 0 heterocycles. The van der Waals surface area contributed by atoms with Crippen molar-refractivity contribution in [1.82, 2.24) is 10.2 Å². The Hall–Kier alpha value is -0.830. The summed E-state index contributed by atoms with van der Waals surface area (Å²) < 4.78 is 0. The van der Waals surface area contributed by atoms with E-state index in [1.54, 1.807) is 0 Å². The summed E-state index contributed by atoms with van der Waals surface area (Å²) in [5.74, 6) is -0.0429. The summed E-state index contributed by atoms with van der Waals surface area (Å²) in [6.07, 6.45) is 50.9. The van der Waals surface area contributed by atoms with Crippen molar-refractivity contribution in [3.8, 4) is 0 Å². The van der Waals surface area contributed by atoms with Gasteiger partial charge in [-0.25, -0.2) is 0 Å². The molecular formula is C44H88N2O. The number of rotatable bonds is 41. The number of hydrogen-bond acceptors (Lipinski definition) is 2. The lowest BCUT2D eigenvalue weighted by atomic mass is 10.0. The van der Waals surface area contributed by atoms with Crippen molar-refractivity contribution in [2.45, 2.75) is 239 Å². The summed E-state index contributed by atoms with van der Waals surface area (Å²) in [6, 6.07) is 0. The minimum atomic E-state index is -0.0429. The van der Waals surface area contributed by atoms with Crippen molar-refractivity contribution in [1.29, 1.82) is 0 Å². The van der Waals surface area contributed by atoms with Gasteiger partial charge in [-0.1, -0.05) is 219 Å². The van der Waals surface area contributed by atoms with Crippen molar-refractivity contribution >= 4 is 5.91 Å². The van der Waals surface area contributed by atoms with E-state index >= 15 is 0 Å². The first-order valence-corrected chi connectivity index (χ1v) is 21.9. The van der Waals surface area contributed by atoms with E-state index < -0.39 is 0 Å². The standard InChI is InChI=1S/C44H88N2O/c1-4-7-9-11-13-15-17-19-21-23-25-27-29-31-33-37-41-46(43-39-35-36-40-45-44(47)6-3)42-38-34-32-30-28-26-24-22-20-18-16-14-12-10-8-5-2/h6H,3-5,7-43H2,1-2H3,(H,45,47). The van der Waals surface area contributed by atoms with Crippen molar-refractivity contribution < 1.29 is 4.79 Å². The lowest BCUT2D eigenvalue weighted by molar-refractivity contribution is -0.116. The average Bonchev–Trinajstić information content (AvgIpc) is 3.08. The number of hydrogen-bond donors (Lipinski definition) is 1. The molecule has 0 aromatic carbocycles. The van der Waals surface area contributed by atoms with Crippen LogP contribution in [0.3, 0.4) is 0 Å². The van der Waals surface area contributed by atoms with Gasteiger partial charge in [-0.3, -0.25) is 4.79 Å². The predicted molar refractivity (Wildman–Crippen MR) is 213 cm³/mol. The van der Waals surface area contributed by atoms with Crippen LogP contribution in [0.2, 0.25) is 0 Å². The van der Waals surface area contributed by atoms with E-state index in [1.165, 1.54) is 244 Å². The van der Waals surface area contributed by atoms with Crippen molar-refractivity contribution in [2.24, 2.45) is 0 Å². The molecule has 0 aliphatic carbocycles. The highest BCUT2D eigenvalue weighted by molar-refractivity contribution is 5.86. The SMILES string of the molecule is C=CC(=O)NCCCCCN(CCCCCCCCCCCCCCCCCC)CCCCCCCCCCCCCCCCCC. The van der Waals surface area contributed by atoms with E-state index in [1.807, 2.05) is 0 Å². The zero-order valence-electron chi connectivity index (χ0n) is 32.7. The van der Waals surface area contributed by atoms with Gasteiger partial charge in [0.1, 0.15) is 0 Å². The average molecular weight is 661 g/mol. The molecule has 0 radical (unpaired) electrons. The van der Waals surface area contributed by atoms with Crippen LogP contribution >= 0.6 is 0 Å². The summed E-state index contributed by atoms with van der Waals surface area (Å²) in [5, 5.41) is 2.92. The molecule has 0 fully saturated rings. The smallest absolute Gasteiger partial charge is 0.243 e. The van der Waals surface area contributed by atoms with Crippen molar-refractivity contribution in [3.63, 3.8) is 0 Å². The maximum Gasteiger partial charge on any atom is 0.243 e. The van der Waals surface area contributed by atoms with Crippen LogP contribution in [0.1, 0.15) is 239 Å². The fourth-order valence-corrected chi connectivity index (χ4v) is 7.02. The van der Waals surface area contributed by atoms with Crippen LogP contribution in [0.15, 0.2) is 12.7 Å². The van der Waals surface area contributed by atoms with E-state index in [2.05, 4.69) is 30.6 Å². The first-order valence-electron chi connectivity index (χ1n) is 21.9. The number of carbonyl (C=O) groups is 1. The molecule has 1 N–H and O–H groups in total. The Bertz CT molecular complexity index is 570. The van der Waals surface area contributed by atoms with Crippen LogP contribution in [0.4, 0.5) is 0 Å². The van der Waals surface area contributed by atoms with Gasteiger partial charge >= 0.3 is 0 Å². The molecule has 0 aliphatic heterocycles. The quantitative estimate of drug-likeness (QED) is 0.0523. The Morgan fingerprint density at radius 3 is 0.894 bits per heavy atom. The molecule has 280 valence electrons. The minimum absolute atomic E-state index is 0.0429. The molecular weight excluding hydrogens is 572 g/mol. The third kappa shape index (κ3) is 39.5. The van der Waals surface area contributed by atoms with Gasteiger partial charge in [0.15, 0.2) is 0 Å². The fourth-order valence-electron chi connectivity index (χ4n) is 7.02. The fraction of sp³-hybridized carbons (Fsp3) is 0.932. The number of amides is 1. The third-order valence-corrected chi connectivity index (χ3v) is 10.3. The second kappa shape index (κ2) is 41.3. The topological polar surface area (TPSA) is 32.3 Å². The molecule has 1 amide bonds. The molecule has 47 heavy (non-hydrogen) atoms. The maximum atomic E-state index is 11.4. The van der Waals surface area contributed by atoms with Gasteiger partial charge < -0.3 is 10.2 Å². The van der Waals surface area contributed by atoms with E-state index in [-0.39, 0.29) is 5.91 Å². The Kier molecular flexibility index (Phi) is 40.6. The normalized spacial score (nSPS) is 11.5. The van der Waals surface area contributed by atoms with Crippen LogP contribution in [-0.2, 0) is 4.79 Å². The van der Waals surface area contributed by atoms with Gasteiger partial charge in [-0.2, -0.15) is 0 Å². The van der Waals surface area contributed by atoms with Gasteiger partial charge in [0.2, 0.25) is 5.91 Å². The molecule has 0 saturated heterocycles. The molecule has 0 aromatic rings. The second-order valence-corrected chi connectivity index (χ2v) is 15.0. The molecule has 0 rings (SSSR count). The van der Waals surface area contributed by atoms with Gasteiger partial charge in [0.05, 0.1) is 0 Å². The van der Waals surface area contributed by atoms with Crippen LogP contribution in [0.5, 0.6) is 0 Å². The molecule has 3 nitrogen and oxygen atoms in total. The summed E-state index contributed by atoms with van der Waals surface area (Å²) in [7, 11) is 0. The zero-order chi connectivity index (χ0) is 34.1. The second-order valence-electron chi connectivity index (χ2n) is 15.0. The highest BCUT2D eigenvalue weighted by Gasteiger charge is 2.06. The first-order chi connectivity index (χ1) is 23.2. The summed E-state index contributed by atoms with van der Waals surface area (Å²) in [4.78, 5) is 14.1. The van der Waals surface area contributed by atoms with Gasteiger partial charge in [0, 0.05) is 6.54 Å². The molecule has 0 atom stereocenters. The number of carbonyl (C=O) groups excluding carboxylic acids is 1. The van der Waals surface area contributed by atoms with E-state index in [0.717, 1.165) is 13.0 Å². The molecule has 0 saturated carbocycles. The summed E-state index contributed by atoms with van der Waals surface area (Å²) in [6.45, 7) is 12.7. The molecule has 0 spiro atoms. The van der Waals surface area contributed by atoms with Gasteiger partial charge in [0.25, 0.3) is 0 Å². The van der Waals surface area contributed by atoms with Crippen LogP contribution in [0.25, 0.3) is 0 Å². The number of unbranched alkanes of at least 4 members (excludes halogenated alkanes) is 32. The predicted octanol–water partition coefficient (Wildman–Crippen LogP) is 14.3. The van der Waals surface area contributed by atoms with Gasteiger partial charge in [-0.15, -0.1) is 0 Å². The zero-order valence-corrected chi connectivity index (χ0v) is 32.7. The van der Waals surface area contributed by atoms with E-state index in [0.29, 0.717) is 0 Å². The van der Waals surface area contributed by atoms with Crippen LogP contribution in [0, 0.1) is 0 Å². The molecule has 0 unspecified atom stereocenters. The Morgan fingerprint density at radius 1 is 0.404 bits per heavy atom. The number of nitrogens with one attached hydrogen (secondary N) is 1. The molecule has 0 aromatic heterocycles. The monoisotopic (exact) mass is 661 g/mol. The molecule has 3 heteroatoms. The van der Waals surface area contributed by atoms with E-state index in [4.69, 9.17) is 0 Å². The summed E-state index contributed by atoms with van der Waals surface area (Å²) >= 11 is 0. The van der Waals surface area contributed by atoms with Crippen LogP contribution < -0.4 is 5.32 Å². The van der Waals surface area contributed by atoms with E-state index in [9.17, 15) is 4.79 Å². The minimum Gasteiger partial charge on any atom is -0.353 e. The maximum absolute atomic E-state index is 11.4. The third-order valence-electron chi connectivity index (χ3n) is 10.3. The van der Waals surface area contributed by atoms with Crippen molar-refractivity contribution in [2.75, 3.05) is 26.2 Å². The summed E-state index contributed by atoms with van der Waals surface area (Å²) in [5.41, 5.74) is 0. The highest BCUT2D eigenvalue weighted by Crippen LogP contribution is 2.16. The van der Waals surface area contributed by atoms with Gasteiger partial charge in [-0.05, 0) is 51.4 Å². The first kappa shape index (κ1) is 46.2. The lowest BCUT2D eigenvalue weighted by Gasteiger charge is -2.22. The molecule has 0 bridgehead atoms. The Morgan fingerprint density at radius 2 is 0.638 bits per heavy atom. The Balaban J connectivity index is 3.84. The van der Waals surface area contributed by atoms with Crippen molar-refractivity contribution in [3.05, 3.63) is 12.7 Å². The van der Waals surface area contributed by atoms with Crippen LogP contribution in [-0.4, -0.2) is 37.0 Å². The molecule has 0 aliphatic rings. The lowest BCUT2D eigenvalue weighted by Crippen LogP contribution is -2.27. The largest absolute Gasteiger partial charge is 0.353 e. The number of nitrogens with zero attached hydrogens (tertiary/aromatic N) is 1. The highest BCUT2D eigenvalue weighted by atomic mass is 16.1. The Labute approximate surface area is 297 Å².